The minimum atomic E-state index is 0.148. The third-order valence-electron chi connectivity index (χ3n) is 12.3. The Morgan fingerprint density at radius 1 is 0.906 bits per heavy atom. The molecule has 0 bridgehead atoms. The van der Waals surface area contributed by atoms with Crippen LogP contribution in [-0.2, 0) is 0 Å². The van der Waals surface area contributed by atoms with Crippen LogP contribution in [-0.4, -0.2) is 18.3 Å². The second kappa shape index (κ2) is 8.26. The van der Waals surface area contributed by atoms with Crippen LogP contribution in [0, 0.1) is 51.2 Å². The van der Waals surface area contributed by atoms with E-state index < -0.39 is 0 Å². The van der Waals surface area contributed by atoms with Crippen LogP contribution in [0.4, 0.5) is 0 Å². The monoisotopic (exact) mass is 441 g/mol. The molecule has 4 aliphatic carbocycles. The summed E-state index contributed by atoms with van der Waals surface area (Å²) in [5.74, 6) is 3.30. The summed E-state index contributed by atoms with van der Waals surface area (Å²) in [4.78, 5) is 0. The maximum absolute atomic E-state index is 10.6. The molecule has 182 valence electrons. The van der Waals surface area contributed by atoms with Gasteiger partial charge in [-0.3, -0.25) is 0 Å². The van der Waals surface area contributed by atoms with Gasteiger partial charge in [-0.15, -0.1) is 0 Å². The Bertz CT molecular complexity index is 758. The van der Waals surface area contributed by atoms with Crippen molar-refractivity contribution in [3.05, 3.63) is 24.3 Å². The standard InChI is InChI=1S/C30H51NO/c1-20(2)22-11-15-30(19-32)17-16-28(6)24(26(22)30)9-10-25-27(5,13-8-18-31)23(21(3)4)12-14-29(25,28)7/h22-26,32H,1,3,8-19,31H2,2,4-7H3/t22-,23-,24+,25+,26+,27-,28+,29+,30+/m0/s1. The number of rotatable bonds is 6. The molecular weight excluding hydrogens is 390 g/mol. The van der Waals surface area contributed by atoms with Gasteiger partial charge in [0.05, 0.1) is 0 Å². The third-order valence-corrected chi connectivity index (χ3v) is 12.3. The van der Waals surface area contributed by atoms with Gasteiger partial charge in [-0.2, -0.15) is 0 Å². The molecule has 0 amide bonds. The van der Waals surface area contributed by atoms with E-state index in [-0.39, 0.29) is 5.41 Å². The van der Waals surface area contributed by atoms with Crippen molar-refractivity contribution in [3.8, 4) is 0 Å². The molecule has 4 saturated carbocycles. The fourth-order valence-corrected chi connectivity index (χ4v) is 10.6. The smallest absolute Gasteiger partial charge is 0.0490 e. The molecule has 0 aromatic carbocycles. The first-order valence-corrected chi connectivity index (χ1v) is 13.6. The van der Waals surface area contributed by atoms with E-state index >= 15 is 0 Å². The van der Waals surface area contributed by atoms with E-state index in [0.717, 1.165) is 18.9 Å². The van der Waals surface area contributed by atoms with E-state index in [4.69, 9.17) is 5.73 Å². The molecule has 32 heavy (non-hydrogen) atoms. The molecule has 4 fully saturated rings. The van der Waals surface area contributed by atoms with Crippen LogP contribution in [0.3, 0.4) is 0 Å². The number of hydrogen-bond acceptors (Lipinski definition) is 2. The molecular formula is C30H51NO. The summed E-state index contributed by atoms with van der Waals surface area (Å²) < 4.78 is 0. The highest BCUT2D eigenvalue weighted by atomic mass is 16.3. The number of aliphatic hydroxyl groups excluding tert-OH is 1. The Hall–Kier alpha value is -0.600. The topological polar surface area (TPSA) is 46.2 Å². The summed E-state index contributed by atoms with van der Waals surface area (Å²) >= 11 is 0. The molecule has 2 nitrogen and oxygen atoms in total. The van der Waals surface area contributed by atoms with Crippen LogP contribution in [0.1, 0.15) is 98.8 Å². The van der Waals surface area contributed by atoms with Crippen LogP contribution >= 0.6 is 0 Å². The maximum atomic E-state index is 10.6. The number of aliphatic hydroxyl groups is 1. The highest BCUT2D eigenvalue weighted by Gasteiger charge is 2.69. The lowest BCUT2D eigenvalue weighted by Gasteiger charge is -2.71. The van der Waals surface area contributed by atoms with Crippen LogP contribution < -0.4 is 5.73 Å². The van der Waals surface area contributed by atoms with Gasteiger partial charge in [0.1, 0.15) is 0 Å². The fraction of sp³-hybridized carbons (Fsp3) is 0.867. The van der Waals surface area contributed by atoms with Crippen LogP contribution in [0.2, 0.25) is 0 Å². The first kappa shape index (κ1) is 24.5. The van der Waals surface area contributed by atoms with Crippen molar-refractivity contribution in [3.63, 3.8) is 0 Å². The van der Waals surface area contributed by atoms with Crippen LogP contribution in [0.5, 0.6) is 0 Å². The average Bonchev–Trinajstić information content (AvgIpc) is 3.13. The molecule has 2 heteroatoms. The van der Waals surface area contributed by atoms with E-state index in [0.29, 0.717) is 46.5 Å². The summed E-state index contributed by atoms with van der Waals surface area (Å²) in [6, 6.07) is 0. The molecule has 0 spiro atoms. The molecule has 4 aliphatic rings. The van der Waals surface area contributed by atoms with Gasteiger partial charge in [0.2, 0.25) is 0 Å². The molecule has 9 atom stereocenters. The second-order valence-corrected chi connectivity index (χ2v) is 13.4. The lowest BCUT2D eigenvalue weighted by atomic mass is 9.34. The van der Waals surface area contributed by atoms with E-state index in [1.54, 1.807) is 0 Å². The molecule has 0 radical (unpaired) electrons. The van der Waals surface area contributed by atoms with Gasteiger partial charge in [-0.25, -0.2) is 0 Å². The van der Waals surface area contributed by atoms with Gasteiger partial charge in [-0.05, 0) is 136 Å². The summed E-state index contributed by atoms with van der Waals surface area (Å²) in [5.41, 5.74) is 9.95. The van der Waals surface area contributed by atoms with Crippen molar-refractivity contribution in [1.29, 1.82) is 0 Å². The third kappa shape index (κ3) is 3.18. The zero-order chi connectivity index (χ0) is 23.5. The minimum absolute atomic E-state index is 0.148. The summed E-state index contributed by atoms with van der Waals surface area (Å²) in [5, 5.41) is 10.6. The number of nitrogens with two attached hydrogens (primary N) is 1. The van der Waals surface area contributed by atoms with Crippen molar-refractivity contribution >= 4 is 0 Å². The molecule has 0 aromatic rings. The summed E-state index contributed by atoms with van der Waals surface area (Å²) in [6.45, 7) is 22.5. The number of hydrogen-bond donors (Lipinski definition) is 2. The molecule has 0 aromatic heterocycles. The van der Waals surface area contributed by atoms with Gasteiger partial charge in [0.25, 0.3) is 0 Å². The first-order valence-electron chi connectivity index (χ1n) is 13.6. The highest BCUT2D eigenvalue weighted by Crippen LogP contribution is 2.76. The second-order valence-electron chi connectivity index (χ2n) is 13.4. The van der Waals surface area contributed by atoms with E-state index in [1.807, 2.05) is 0 Å². The number of fused-ring (bicyclic) bond motifs is 5. The minimum Gasteiger partial charge on any atom is -0.396 e. The van der Waals surface area contributed by atoms with Crippen LogP contribution in [0.25, 0.3) is 0 Å². The van der Waals surface area contributed by atoms with E-state index in [1.165, 1.54) is 68.9 Å². The van der Waals surface area contributed by atoms with Gasteiger partial charge >= 0.3 is 0 Å². The molecule has 0 unspecified atom stereocenters. The Kier molecular flexibility index (Phi) is 6.33. The molecule has 0 heterocycles. The lowest BCUT2D eigenvalue weighted by Crippen LogP contribution is -2.64. The van der Waals surface area contributed by atoms with Crippen LogP contribution in [0.15, 0.2) is 24.3 Å². The largest absolute Gasteiger partial charge is 0.396 e. The predicted octanol–water partition coefficient (Wildman–Crippen LogP) is 7.13. The molecule has 4 rings (SSSR count). The lowest BCUT2D eigenvalue weighted by molar-refractivity contribution is -0.219. The summed E-state index contributed by atoms with van der Waals surface area (Å²) in [6.07, 6.45) is 12.6. The van der Waals surface area contributed by atoms with Crippen molar-refractivity contribution in [2.75, 3.05) is 13.2 Å². The Labute approximate surface area is 198 Å². The normalized spacial score (nSPS) is 50.3. The van der Waals surface area contributed by atoms with Gasteiger partial charge in [0, 0.05) is 6.61 Å². The Morgan fingerprint density at radius 2 is 1.62 bits per heavy atom. The maximum Gasteiger partial charge on any atom is 0.0490 e. The zero-order valence-electron chi connectivity index (χ0n) is 21.8. The SMILES string of the molecule is C=C(C)[C@@H]1CC[C@]2(CO)CC[C@]3(C)[C@H](CC[C@@H]4[C@@](C)(CCCN)[C@H](C(=C)C)CC[C@]43C)[C@@H]12. The average molecular weight is 442 g/mol. The summed E-state index contributed by atoms with van der Waals surface area (Å²) in [7, 11) is 0. The van der Waals surface area contributed by atoms with Crippen molar-refractivity contribution < 1.29 is 5.11 Å². The Balaban J connectivity index is 1.76. The molecule has 3 N–H and O–H groups in total. The Morgan fingerprint density at radius 3 is 2.22 bits per heavy atom. The molecule has 0 saturated heterocycles. The highest BCUT2D eigenvalue weighted by molar-refractivity contribution is 5.22. The fourth-order valence-electron chi connectivity index (χ4n) is 10.6. The first-order chi connectivity index (χ1) is 15.0. The zero-order valence-corrected chi connectivity index (χ0v) is 21.8. The predicted molar refractivity (Wildman–Crippen MR) is 136 cm³/mol. The van der Waals surface area contributed by atoms with Gasteiger partial charge < -0.3 is 10.8 Å². The van der Waals surface area contributed by atoms with E-state index in [9.17, 15) is 5.11 Å². The van der Waals surface area contributed by atoms with Gasteiger partial charge in [-0.1, -0.05) is 45.1 Å². The van der Waals surface area contributed by atoms with Crippen molar-refractivity contribution in [2.45, 2.75) is 98.8 Å². The van der Waals surface area contributed by atoms with E-state index in [2.05, 4.69) is 47.8 Å². The molecule has 0 aliphatic heterocycles. The van der Waals surface area contributed by atoms with Crippen molar-refractivity contribution in [2.24, 2.45) is 57.0 Å². The van der Waals surface area contributed by atoms with Crippen molar-refractivity contribution in [1.82, 2.24) is 0 Å². The quantitative estimate of drug-likeness (QED) is 0.431. The van der Waals surface area contributed by atoms with Gasteiger partial charge in [0.15, 0.2) is 0 Å². The number of allylic oxidation sites excluding steroid dienone is 2.